The number of methoxy groups -OCH3 is 1. The summed E-state index contributed by atoms with van der Waals surface area (Å²) in [6, 6.07) is 15.5. The molecule has 0 saturated carbocycles. The van der Waals surface area contributed by atoms with Crippen LogP contribution in [0.3, 0.4) is 0 Å². The summed E-state index contributed by atoms with van der Waals surface area (Å²) in [5, 5.41) is 13.8. The molecule has 2 aromatic heterocycles. The Kier molecular flexibility index (Phi) is 5.53. The minimum absolute atomic E-state index is 0.000743. The molecule has 1 aliphatic rings. The summed E-state index contributed by atoms with van der Waals surface area (Å²) in [6.07, 6.45) is 1.59. The predicted molar refractivity (Wildman–Crippen MR) is 112 cm³/mol. The van der Waals surface area contributed by atoms with Crippen molar-refractivity contribution in [3.8, 4) is 16.3 Å². The minimum atomic E-state index is 0.000743. The van der Waals surface area contributed by atoms with Crippen molar-refractivity contribution in [1.29, 1.82) is 0 Å². The molecule has 3 aromatic rings. The highest BCUT2D eigenvalue weighted by atomic mass is 32.1. The normalized spacial score (nSPS) is 14.7. The van der Waals surface area contributed by atoms with E-state index in [4.69, 9.17) is 4.74 Å². The van der Waals surface area contributed by atoms with Gasteiger partial charge in [-0.1, -0.05) is 12.1 Å². The van der Waals surface area contributed by atoms with Gasteiger partial charge in [0, 0.05) is 30.8 Å². The van der Waals surface area contributed by atoms with Gasteiger partial charge in [-0.3, -0.25) is 4.79 Å². The number of piperidine rings is 1. The Morgan fingerprint density at radius 1 is 1.14 bits per heavy atom. The average molecular weight is 395 g/mol. The van der Waals surface area contributed by atoms with Crippen LogP contribution < -0.4 is 15.0 Å². The number of rotatable bonds is 5. The number of aromatic nitrogens is 2. The number of nitrogens with zero attached hydrogens (tertiary/aromatic N) is 3. The van der Waals surface area contributed by atoms with Gasteiger partial charge in [0.2, 0.25) is 5.91 Å². The van der Waals surface area contributed by atoms with Gasteiger partial charge in [-0.25, -0.2) is 0 Å². The fourth-order valence-electron chi connectivity index (χ4n) is 3.37. The molecule has 0 bridgehead atoms. The van der Waals surface area contributed by atoms with Gasteiger partial charge >= 0.3 is 0 Å². The van der Waals surface area contributed by atoms with E-state index in [1.54, 1.807) is 18.4 Å². The summed E-state index contributed by atoms with van der Waals surface area (Å²) < 4.78 is 5.21. The topological polar surface area (TPSA) is 67.3 Å². The molecule has 1 aliphatic heterocycles. The van der Waals surface area contributed by atoms with Crippen molar-refractivity contribution in [1.82, 2.24) is 10.2 Å². The van der Waals surface area contributed by atoms with E-state index in [1.165, 1.54) is 0 Å². The lowest BCUT2D eigenvalue weighted by Crippen LogP contribution is -2.38. The lowest BCUT2D eigenvalue weighted by Gasteiger charge is -2.31. The molecule has 0 unspecified atom stereocenters. The largest absolute Gasteiger partial charge is 0.497 e. The van der Waals surface area contributed by atoms with E-state index in [0.717, 1.165) is 53.8 Å². The average Bonchev–Trinajstić information content (AvgIpc) is 3.29. The van der Waals surface area contributed by atoms with Crippen molar-refractivity contribution in [3.63, 3.8) is 0 Å². The molecule has 1 saturated heterocycles. The summed E-state index contributed by atoms with van der Waals surface area (Å²) in [5.74, 6) is 1.66. The van der Waals surface area contributed by atoms with Gasteiger partial charge < -0.3 is 15.0 Å². The van der Waals surface area contributed by atoms with Gasteiger partial charge in [-0.2, -0.15) is 0 Å². The van der Waals surface area contributed by atoms with Crippen LogP contribution in [0, 0.1) is 5.92 Å². The molecule has 1 N–H and O–H groups in total. The first-order chi connectivity index (χ1) is 13.7. The standard InChI is InChI=1S/C21H22N4O2S/c1-27-17-5-2-4-16(14-17)22-21(26)15-9-11-25(12-10-15)20-8-7-18(23-24-20)19-6-3-13-28-19/h2-8,13-15H,9-12H2,1H3,(H,22,26). The van der Waals surface area contributed by atoms with E-state index < -0.39 is 0 Å². The molecular weight excluding hydrogens is 372 g/mol. The fraction of sp³-hybridized carbons (Fsp3) is 0.286. The number of amides is 1. The Morgan fingerprint density at radius 2 is 2.00 bits per heavy atom. The molecule has 0 atom stereocenters. The molecule has 144 valence electrons. The number of thiophene rings is 1. The number of anilines is 2. The van der Waals surface area contributed by atoms with Crippen LogP contribution >= 0.6 is 11.3 Å². The van der Waals surface area contributed by atoms with E-state index in [1.807, 2.05) is 53.9 Å². The van der Waals surface area contributed by atoms with Gasteiger partial charge in [-0.15, -0.1) is 21.5 Å². The summed E-state index contributed by atoms with van der Waals surface area (Å²) in [5.41, 5.74) is 1.66. The number of hydrogen-bond donors (Lipinski definition) is 1. The first-order valence-electron chi connectivity index (χ1n) is 9.30. The van der Waals surface area contributed by atoms with Crippen LogP contribution in [0.1, 0.15) is 12.8 Å². The highest BCUT2D eigenvalue weighted by Crippen LogP contribution is 2.26. The molecule has 7 heteroatoms. The van der Waals surface area contributed by atoms with Crippen LogP contribution in [-0.2, 0) is 4.79 Å². The summed E-state index contributed by atoms with van der Waals surface area (Å²) >= 11 is 1.66. The highest BCUT2D eigenvalue weighted by Gasteiger charge is 2.26. The Morgan fingerprint density at radius 3 is 2.68 bits per heavy atom. The van der Waals surface area contributed by atoms with Crippen LogP contribution in [0.25, 0.3) is 10.6 Å². The van der Waals surface area contributed by atoms with E-state index in [2.05, 4.69) is 20.4 Å². The molecule has 0 spiro atoms. The first kappa shape index (κ1) is 18.4. The Labute approximate surface area is 168 Å². The molecule has 28 heavy (non-hydrogen) atoms. The Bertz CT molecular complexity index is 920. The summed E-state index contributed by atoms with van der Waals surface area (Å²) in [6.45, 7) is 1.59. The van der Waals surface area contributed by atoms with Crippen molar-refractivity contribution in [3.05, 3.63) is 53.9 Å². The van der Waals surface area contributed by atoms with E-state index in [0.29, 0.717) is 0 Å². The SMILES string of the molecule is COc1cccc(NC(=O)C2CCN(c3ccc(-c4cccs4)nn3)CC2)c1. The molecular formula is C21H22N4O2S. The zero-order valence-corrected chi connectivity index (χ0v) is 16.5. The second-order valence-corrected chi connectivity index (χ2v) is 7.68. The number of ether oxygens (including phenoxy) is 1. The molecule has 6 nitrogen and oxygen atoms in total. The Hall–Kier alpha value is -2.93. The van der Waals surface area contributed by atoms with E-state index >= 15 is 0 Å². The maximum Gasteiger partial charge on any atom is 0.227 e. The summed E-state index contributed by atoms with van der Waals surface area (Å²) in [7, 11) is 1.62. The van der Waals surface area contributed by atoms with Crippen LogP contribution in [0.5, 0.6) is 5.75 Å². The van der Waals surface area contributed by atoms with Crippen molar-refractivity contribution in [2.45, 2.75) is 12.8 Å². The zero-order chi connectivity index (χ0) is 19.3. The first-order valence-corrected chi connectivity index (χ1v) is 10.2. The predicted octanol–water partition coefficient (Wildman–Crippen LogP) is 4.07. The molecule has 1 aromatic carbocycles. The molecule has 0 aliphatic carbocycles. The molecule has 1 fully saturated rings. The maximum absolute atomic E-state index is 12.6. The van der Waals surface area contributed by atoms with Crippen molar-refractivity contribution in [2.75, 3.05) is 30.4 Å². The fourth-order valence-corrected chi connectivity index (χ4v) is 4.06. The van der Waals surface area contributed by atoms with Gasteiger partial charge in [-0.05, 0) is 48.6 Å². The van der Waals surface area contributed by atoms with Crippen molar-refractivity contribution >= 4 is 28.7 Å². The molecule has 0 radical (unpaired) electrons. The van der Waals surface area contributed by atoms with Crippen LogP contribution in [0.15, 0.2) is 53.9 Å². The van der Waals surface area contributed by atoms with Crippen molar-refractivity contribution < 1.29 is 9.53 Å². The third-order valence-corrected chi connectivity index (χ3v) is 5.84. The minimum Gasteiger partial charge on any atom is -0.497 e. The second kappa shape index (κ2) is 8.39. The number of nitrogens with one attached hydrogen (secondary N) is 1. The monoisotopic (exact) mass is 394 g/mol. The molecule has 4 rings (SSSR count). The number of hydrogen-bond acceptors (Lipinski definition) is 6. The van der Waals surface area contributed by atoms with E-state index in [-0.39, 0.29) is 11.8 Å². The number of carbonyl (C=O) groups is 1. The van der Waals surface area contributed by atoms with Gasteiger partial charge in [0.1, 0.15) is 11.4 Å². The Balaban J connectivity index is 1.33. The third-order valence-electron chi connectivity index (χ3n) is 4.95. The third kappa shape index (κ3) is 4.14. The van der Waals surface area contributed by atoms with Crippen molar-refractivity contribution in [2.24, 2.45) is 5.92 Å². The second-order valence-electron chi connectivity index (χ2n) is 6.74. The lowest BCUT2D eigenvalue weighted by molar-refractivity contribution is -0.120. The van der Waals surface area contributed by atoms with Gasteiger partial charge in [0.05, 0.1) is 12.0 Å². The smallest absolute Gasteiger partial charge is 0.227 e. The van der Waals surface area contributed by atoms with Crippen LogP contribution in [0.4, 0.5) is 11.5 Å². The molecule has 3 heterocycles. The van der Waals surface area contributed by atoms with Gasteiger partial charge in [0.15, 0.2) is 5.82 Å². The molecule has 1 amide bonds. The van der Waals surface area contributed by atoms with Gasteiger partial charge in [0.25, 0.3) is 0 Å². The summed E-state index contributed by atoms with van der Waals surface area (Å²) in [4.78, 5) is 15.9. The van der Waals surface area contributed by atoms with Crippen LogP contribution in [0.2, 0.25) is 0 Å². The van der Waals surface area contributed by atoms with Crippen LogP contribution in [-0.4, -0.2) is 36.3 Å². The maximum atomic E-state index is 12.6. The number of benzene rings is 1. The lowest BCUT2D eigenvalue weighted by atomic mass is 9.96. The number of carbonyl (C=O) groups excluding carboxylic acids is 1. The van der Waals surface area contributed by atoms with E-state index in [9.17, 15) is 4.79 Å². The zero-order valence-electron chi connectivity index (χ0n) is 15.7. The quantitative estimate of drug-likeness (QED) is 0.707. The highest BCUT2D eigenvalue weighted by molar-refractivity contribution is 7.13.